The van der Waals surface area contributed by atoms with Gasteiger partial charge >= 0.3 is 11.9 Å². The zero-order valence-corrected chi connectivity index (χ0v) is 28.3. The smallest absolute Gasteiger partial charge is 0.314 e. The van der Waals surface area contributed by atoms with Crippen molar-refractivity contribution in [3.8, 4) is 23.0 Å². The van der Waals surface area contributed by atoms with Crippen molar-refractivity contribution >= 4 is 11.9 Å². The first kappa shape index (κ1) is 35.6. The summed E-state index contributed by atoms with van der Waals surface area (Å²) < 4.78 is 34.8. The number of carbonyl (C=O) groups excluding carboxylic acids is 2. The van der Waals surface area contributed by atoms with Crippen LogP contribution in [0.25, 0.3) is 0 Å². The Morgan fingerprint density at radius 1 is 0.571 bits per heavy atom. The summed E-state index contributed by atoms with van der Waals surface area (Å²) in [5.74, 6) is 1.46. The molecule has 49 heavy (non-hydrogen) atoms. The number of ether oxygens (including phenoxy) is 6. The average Bonchev–Trinajstić information content (AvgIpc) is 3.13. The first-order valence-corrected chi connectivity index (χ1v) is 17.1. The van der Waals surface area contributed by atoms with Gasteiger partial charge in [0.2, 0.25) is 0 Å². The van der Waals surface area contributed by atoms with Gasteiger partial charge in [0.1, 0.15) is 35.7 Å². The minimum absolute atomic E-state index is 0.117. The molecule has 5 rings (SSSR count). The molecule has 258 valence electrons. The van der Waals surface area contributed by atoms with E-state index in [2.05, 4.69) is 13.8 Å². The molecule has 1 aliphatic rings. The molecule has 0 amide bonds. The predicted octanol–water partition coefficient (Wildman–Crippen LogP) is 8.22. The summed E-state index contributed by atoms with van der Waals surface area (Å²) in [4.78, 5) is 25.8. The summed E-state index contributed by atoms with van der Waals surface area (Å²) in [5.41, 5.74) is 2.24. The molecular formula is C41H46O8. The van der Waals surface area contributed by atoms with Crippen LogP contribution < -0.4 is 18.9 Å². The van der Waals surface area contributed by atoms with Gasteiger partial charge in [-0.2, -0.15) is 0 Å². The first-order chi connectivity index (χ1) is 23.9. The summed E-state index contributed by atoms with van der Waals surface area (Å²) in [6.07, 6.45) is 2.15. The molecule has 1 atom stereocenters. The fourth-order valence-electron chi connectivity index (χ4n) is 5.54. The van der Waals surface area contributed by atoms with E-state index in [0.29, 0.717) is 81.7 Å². The molecule has 4 aromatic carbocycles. The van der Waals surface area contributed by atoms with Crippen molar-refractivity contribution in [1.82, 2.24) is 0 Å². The Balaban J connectivity index is 0.980. The third-order valence-corrected chi connectivity index (χ3v) is 8.51. The lowest BCUT2D eigenvalue weighted by atomic mass is 9.82. The zero-order chi connectivity index (χ0) is 34.3. The van der Waals surface area contributed by atoms with Gasteiger partial charge in [-0.15, -0.1) is 0 Å². The monoisotopic (exact) mass is 666 g/mol. The first-order valence-electron chi connectivity index (χ1n) is 17.1. The van der Waals surface area contributed by atoms with Crippen molar-refractivity contribution < 1.29 is 38.0 Å². The highest BCUT2D eigenvalue weighted by Gasteiger charge is 2.32. The highest BCUT2D eigenvalue weighted by atomic mass is 16.5. The largest absolute Gasteiger partial charge is 0.491 e. The number of esters is 2. The Labute approximate surface area is 289 Å². The maximum atomic E-state index is 12.9. The van der Waals surface area contributed by atoms with E-state index in [1.165, 1.54) is 0 Å². The molecule has 1 fully saturated rings. The molecule has 1 aliphatic carbocycles. The molecule has 1 unspecified atom stereocenters. The maximum Gasteiger partial charge on any atom is 0.314 e. The second-order valence-corrected chi connectivity index (χ2v) is 12.6. The number of hydrogen-bond donors (Lipinski definition) is 0. The third-order valence-electron chi connectivity index (χ3n) is 8.51. The summed E-state index contributed by atoms with van der Waals surface area (Å²) in [6, 6.07) is 34.1. The van der Waals surface area contributed by atoms with Crippen LogP contribution in [0.15, 0.2) is 109 Å². The van der Waals surface area contributed by atoms with E-state index in [-0.39, 0.29) is 35.8 Å². The van der Waals surface area contributed by atoms with E-state index in [9.17, 15) is 9.59 Å². The van der Waals surface area contributed by atoms with Crippen molar-refractivity contribution in [1.29, 1.82) is 0 Å². The van der Waals surface area contributed by atoms with Crippen LogP contribution in [0.4, 0.5) is 0 Å². The van der Waals surface area contributed by atoms with Gasteiger partial charge in [-0.05, 0) is 91.3 Å². The fraction of sp³-hybridized carbons (Fsp3) is 0.366. The van der Waals surface area contributed by atoms with Crippen LogP contribution in [-0.2, 0) is 32.3 Å². The summed E-state index contributed by atoms with van der Waals surface area (Å²) >= 11 is 0. The molecule has 0 spiro atoms. The molecule has 8 nitrogen and oxygen atoms in total. The van der Waals surface area contributed by atoms with Crippen molar-refractivity contribution in [3.05, 3.63) is 120 Å². The molecule has 0 aromatic heterocycles. The molecule has 1 saturated carbocycles. The van der Waals surface area contributed by atoms with Crippen molar-refractivity contribution in [3.63, 3.8) is 0 Å². The lowest BCUT2D eigenvalue weighted by molar-refractivity contribution is -0.145. The van der Waals surface area contributed by atoms with Gasteiger partial charge in [0.05, 0.1) is 38.3 Å². The van der Waals surface area contributed by atoms with Gasteiger partial charge in [-0.3, -0.25) is 9.59 Å². The molecule has 0 saturated heterocycles. The fourth-order valence-corrected chi connectivity index (χ4v) is 5.54. The van der Waals surface area contributed by atoms with Crippen LogP contribution in [0.3, 0.4) is 0 Å². The average molecular weight is 667 g/mol. The van der Waals surface area contributed by atoms with Gasteiger partial charge in [0, 0.05) is 0 Å². The van der Waals surface area contributed by atoms with Crippen molar-refractivity contribution in [2.75, 3.05) is 19.8 Å². The number of benzene rings is 4. The molecule has 0 heterocycles. The normalized spacial score (nSPS) is 16.5. The van der Waals surface area contributed by atoms with Gasteiger partial charge in [-0.25, -0.2) is 0 Å². The molecule has 4 aromatic rings. The van der Waals surface area contributed by atoms with E-state index >= 15 is 0 Å². The maximum absolute atomic E-state index is 12.9. The Bertz CT molecular complexity index is 1550. The Kier molecular flexibility index (Phi) is 13.7. The topological polar surface area (TPSA) is 89.5 Å². The van der Waals surface area contributed by atoms with E-state index in [1.807, 2.05) is 72.8 Å². The van der Waals surface area contributed by atoms with Gasteiger partial charge in [-0.1, -0.05) is 74.5 Å². The second kappa shape index (κ2) is 18.8. The molecular weight excluding hydrogens is 620 g/mol. The van der Waals surface area contributed by atoms with E-state index in [1.54, 1.807) is 36.4 Å². The molecule has 8 heteroatoms. The van der Waals surface area contributed by atoms with E-state index in [0.717, 1.165) is 11.1 Å². The Hall–Kier alpha value is -4.66. The second-order valence-electron chi connectivity index (χ2n) is 12.6. The quantitative estimate of drug-likeness (QED) is 0.0633. The van der Waals surface area contributed by atoms with Crippen LogP contribution in [0.5, 0.6) is 23.0 Å². The SMILES string of the molecule is CC(C)C(COCc1ccccc1)Oc1ccc(OC(=O)C2CCC(C(=O)Oc3ccc(OCCOCc4ccccc4)cc3)CC2)cc1. The zero-order valence-electron chi connectivity index (χ0n) is 28.3. The van der Waals surface area contributed by atoms with Gasteiger partial charge < -0.3 is 28.4 Å². The predicted molar refractivity (Wildman–Crippen MR) is 187 cm³/mol. The summed E-state index contributed by atoms with van der Waals surface area (Å²) in [5, 5.41) is 0. The van der Waals surface area contributed by atoms with E-state index in [4.69, 9.17) is 28.4 Å². The number of rotatable bonds is 17. The van der Waals surface area contributed by atoms with Crippen LogP contribution in [0, 0.1) is 17.8 Å². The van der Waals surface area contributed by atoms with Crippen LogP contribution in [0.1, 0.15) is 50.7 Å². The third kappa shape index (κ3) is 11.8. The van der Waals surface area contributed by atoms with Crippen LogP contribution >= 0.6 is 0 Å². The Morgan fingerprint density at radius 3 is 1.51 bits per heavy atom. The van der Waals surface area contributed by atoms with Crippen molar-refractivity contribution in [2.24, 2.45) is 17.8 Å². The number of hydrogen-bond acceptors (Lipinski definition) is 8. The summed E-state index contributed by atoms with van der Waals surface area (Å²) in [6.45, 7) is 6.62. The Morgan fingerprint density at radius 2 is 1.02 bits per heavy atom. The highest BCUT2D eigenvalue weighted by molar-refractivity contribution is 5.77. The minimum atomic E-state index is -0.282. The summed E-state index contributed by atoms with van der Waals surface area (Å²) in [7, 11) is 0. The van der Waals surface area contributed by atoms with Gasteiger partial charge in [0.25, 0.3) is 0 Å². The molecule has 0 radical (unpaired) electrons. The molecule has 0 aliphatic heterocycles. The van der Waals surface area contributed by atoms with Crippen LogP contribution in [0.2, 0.25) is 0 Å². The van der Waals surface area contributed by atoms with Crippen LogP contribution in [-0.4, -0.2) is 37.9 Å². The molecule has 0 bridgehead atoms. The highest BCUT2D eigenvalue weighted by Crippen LogP contribution is 2.32. The van der Waals surface area contributed by atoms with Crippen molar-refractivity contribution in [2.45, 2.75) is 58.8 Å². The lowest BCUT2D eigenvalue weighted by Gasteiger charge is -2.26. The minimum Gasteiger partial charge on any atom is -0.491 e. The molecule has 0 N–H and O–H groups in total. The lowest BCUT2D eigenvalue weighted by Crippen LogP contribution is -2.30. The van der Waals surface area contributed by atoms with E-state index < -0.39 is 0 Å². The number of carbonyl (C=O) groups is 2. The standard InChI is InChI=1S/C41H46O8/c1-30(2)39(29-45-28-32-11-7-4-8-12-32)47-36-21-23-38(24-22-36)49-41(43)34-15-13-33(14-16-34)40(42)48-37-19-17-35(18-20-37)46-26-25-44-27-31-9-5-3-6-10-31/h3-12,17-24,30,33-34,39H,13-16,25-29H2,1-2H3. The van der Waals surface area contributed by atoms with Gasteiger partial charge in [0.15, 0.2) is 0 Å².